The monoisotopic (exact) mass is 258 g/mol. The van der Waals surface area contributed by atoms with Crippen LogP contribution in [0.4, 0.5) is 0 Å². The second kappa shape index (κ2) is 4.61. The van der Waals surface area contributed by atoms with Crippen molar-refractivity contribution in [1.82, 2.24) is 4.90 Å². The van der Waals surface area contributed by atoms with Gasteiger partial charge in [-0.15, -0.1) is 0 Å². The number of rotatable bonds is 2. The van der Waals surface area contributed by atoms with Crippen molar-refractivity contribution in [3.05, 3.63) is 47.0 Å². The summed E-state index contributed by atoms with van der Waals surface area (Å²) in [5, 5.41) is 19.8. The van der Waals surface area contributed by atoms with Gasteiger partial charge in [-0.05, 0) is 31.7 Å². The smallest absolute Gasteiger partial charge is 0.234 e. The van der Waals surface area contributed by atoms with Gasteiger partial charge in [0.05, 0.1) is 6.21 Å². The summed E-state index contributed by atoms with van der Waals surface area (Å²) < 4.78 is 0. The van der Waals surface area contributed by atoms with E-state index in [-0.39, 0.29) is 23.8 Å². The van der Waals surface area contributed by atoms with E-state index in [9.17, 15) is 10.2 Å². The summed E-state index contributed by atoms with van der Waals surface area (Å²) in [6, 6.07) is 8.40. The molecule has 0 saturated heterocycles. The SMILES string of the molecule is Cc1ccc(C2N=CC(O)=C(O)N2C2CCC2)cc1. The van der Waals surface area contributed by atoms with Crippen molar-refractivity contribution in [2.45, 2.75) is 38.4 Å². The van der Waals surface area contributed by atoms with Crippen LogP contribution < -0.4 is 0 Å². The lowest BCUT2D eigenvalue weighted by atomic mass is 9.90. The fourth-order valence-corrected chi connectivity index (χ4v) is 2.54. The third kappa shape index (κ3) is 2.07. The second-order valence-corrected chi connectivity index (χ2v) is 5.26. The van der Waals surface area contributed by atoms with Crippen LogP contribution in [0.5, 0.6) is 0 Å². The minimum Gasteiger partial charge on any atom is -0.502 e. The Kier molecular flexibility index (Phi) is 2.93. The van der Waals surface area contributed by atoms with Gasteiger partial charge in [0.2, 0.25) is 5.88 Å². The molecule has 3 rings (SSSR count). The first-order chi connectivity index (χ1) is 9.16. The summed E-state index contributed by atoms with van der Waals surface area (Å²) in [5.74, 6) is -0.194. The zero-order valence-corrected chi connectivity index (χ0v) is 11.0. The largest absolute Gasteiger partial charge is 0.502 e. The number of benzene rings is 1. The third-order valence-electron chi connectivity index (χ3n) is 3.92. The first-order valence-electron chi connectivity index (χ1n) is 6.67. The standard InChI is InChI=1S/C15H18N2O2/c1-10-5-7-11(8-6-10)14-16-9-13(18)15(19)17(14)12-3-2-4-12/h5-9,12,14,18-19H,2-4H2,1H3. The number of nitrogens with zero attached hydrogens (tertiary/aromatic N) is 2. The Morgan fingerprint density at radius 3 is 2.42 bits per heavy atom. The van der Waals surface area contributed by atoms with Crippen LogP contribution in [0.25, 0.3) is 0 Å². The van der Waals surface area contributed by atoms with Crippen molar-refractivity contribution in [3.8, 4) is 0 Å². The van der Waals surface area contributed by atoms with Crippen LogP contribution in [0.3, 0.4) is 0 Å². The summed E-state index contributed by atoms with van der Waals surface area (Å²) in [6.45, 7) is 2.04. The topological polar surface area (TPSA) is 56.1 Å². The van der Waals surface area contributed by atoms with Crippen molar-refractivity contribution in [2.24, 2.45) is 4.99 Å². The molecule has 4 nitrogen and oxygen atoms in total. The zero-order valence-electron chi connectivity index (χ0n) is 11.0. The molecular formula is C15H18N2O2. The number of hydrogen-bond donors (Lipinski definition) is 2. The number of aliphatic hydroxyl groups is 2. The Bertz CT molecular complexity index is 530. The lowest BCUT2D eigenvalue weighted by Gasteiger charge is -2.43. The third-order valence-corrected chi connectivity index (χ3v) is 3.92. The highest BCUT2D eigenvalue weighted by Crippen LogP contribution is 2.37. The highest BCUT2D eigenvalue weighted by atomic mass is 16.3. The summed E-state index contributed by atoms with van der Waals surface area (Å²) >= 11 is 0. The van der Waals surface area contributed by atoms with Crippen molar-refractivity contribution in [3.63, 3.8) is 0 Å². The molecule has 0 spiro atoms. The predicted octanol–water partition coefficient (Wildman–Crippen LogP) is 3.22. The molecule has 0 bridgehead atoms. The maximum Gasteiger partial charge on any atom is 0.234 e. The fraction of sp³-hybridized carbons (Fsp3) is 0.400. The molecule has 2 aliphatic rings. The van der Waals surface area contributed by atoms with Gasteiger partial charge in [0.1, 0.15) is 6.17 Å². The van der Waals surface area contributed by atoms with E-state index >= 15 is 0 Å². The van der Waals surface area contributed by atoms with Crippen molar-refractivity contribution in [2.75, 3.05) is 0 Å². The Morgan fingerprint density at radius 2 is 1.84 bits per heavy atom. The van der Waals surface area contributed by atoms with Crippen molar-refractivity contribution in [1.29, 1.82) is 0 Å². The van der Waals surface area contributed by atoms with E-state index in [1.165, 1.54) is 18.2 Å². The molecule has 1 atom stereocenters. The normalized spacial score (nSPS) is 23.6. The van der Waals surface area contributed by atoms with E-state index < -0.39 is 0 Å². The fourth-order valence-electron chi connectivity index (χ4n) is 2.54. The van der Waals surface area contributed by atoms with Crippen LogP contribution >= 0.6 is 0 Å². The number of aliphatic hydroxyl groups excluding tert-OH is 2. The molecule has 1 aliphatic heterocycles. The van der Waals surface area contributed by atoms with E-state index in [0.717, 1.165) is 18.4 Å². The lowest BCUT2D eigenvalue weighted by Crippen LogP contribution is -2.43. The van der Waals surface area contributed by atoms with Crippen LogP contribution in [0.15, 0.2) is 40.9 Å². The average Bonchev–Trinajstić information content (AvgIpc) is 2.34. The highest BCUT2D eigenvalue weighted by molar-refractivity contribution is 5.77. The van der Waals surface area contributed by atoms with Gasteiger partial charge in [-0.25, -0.2) is 0 Å². The van der Waals surface area contributed by atoms with E-state index in [0.29, 0.717) is 0 Å². The van der Waals surface area contributed by atoms with E-state index in [4.69, 9.17) is 0 Å². The maximum absolute atomic E-state index is 10.1. The number of hydrogen-bond acceptors (Lipinski definition) is 4. The van der Waals surface area contributed by atoms with Gasteiger partial charge in [-0.3, -0.25) is 4.99 Å². The molecule has 100 valence electrons. The maximum atomic E-state index is 10.1. The van der Waals surface area contributed by atoms with Gasteiger partial charge in [-0.1, -0.05) is 29.8 Å². The molecule has 2 N–H and O–H groups in total. The summed E-state index contributed by atoms with van der Waals surface area (Å²) in [6.07, 6.45) is 4.35. The quantitative estimate of drug-likeness (QED) is 0.856. The van der Waals surface area contributed by atoms with Crippen LogP contribution in [0.1, 0.15) is 36.6 Å². The molecule has 0 amide bonds. The summed E-state index contributed by atoms with van der Waals surface area (Å²) in [7, 11) is 0. The van der Waals surface area contributed by atoms with Crippen molar-refractivity contribution >= 4 is 6.21 Å². The van der Waals surface area contributed by atoms with Gasteiger partial charge in [0, 0.05) is 6.04 Å². The number of aryl methyl sites for hydroxylation is 1. The van der Waals surface area contributed by atoms with Gasteiger partial charge >= 0.3 is 0 Å². The molecule has 0 aromatic heterocycles. The molecule has 0 radical (unpaired) electrons. The Hall–Kier alpha value is -1.97. The molecule has 1 saturated carbocycles. The lowest BCUT2D eigenvalue weighted by molar-refractivity contribution is 0.0513. The Balaban J connectivity index is 1.95. The van der Waals surface area contributed by atoms with E-state index in [2.05, 4.69) is 4.99 Å². The molecule has 4 heteroatoms. The molecule has 1 heterocycles. The number of allylic oxidation sites excluding steroid dienone is 1. The van der Waals surface area contributed by atoms with Gasteiger partial charge in [0.25, 0.3) is 0 Å². The molecule has 19 heavy (non-hydrogen) atoms. The van der Waals surface area contributed by atoms with Crippen LogP contribution in [-0.4, -0.2) is 27.4 Å². The molecule has 1 aromatic carbocycles. The van der Waals surface area contributed by atoms with Crippen LogP contribution in [0, 0.1) is 6.92 Å². The second-order valence-electron chi connectivity index (χ2n) is 5.26. The molecule has 1 aliphatic carbocycles. The molecule has 1 unspecified atom stereocenters. The van der Waals surface area contributed by atoms with Crippen molar-refractivity contribution < 1.29 is 10.2 Å². The zero-order chi connectivity index (χ0) is 13.4. The molecular weight excluding hydrogens is 240 g/mol. The van der Waals surface area contributed by atoms with Gasteiger partial charge < -0.3 is 15.1 Å². The Morgan fingerprint density at radius 1 is 1.16 bits per heavy atom. The summed E-state index contributed by atoms with van der Waals surface area (Å²) in [5.41, 5.74) is 2.23. The summed E-state index contributed by atoms with van der Waals surface area (Å²) in [4.78, 5) is 6.21. The average molecular weight is 258 g/mol. The molecule has 1 aromatic rings. The minimum absolute atomic E-state index is 0.0507. The van der Waals surface area contributed by atoms with Crippen LogP contribution in [-0.2, 0) is 0 Å². The predicted molar refractivity (Wildman–Crippen MR) is 74.2 cm³/mol. The molecule has 1 fully saturated rings. The minimum atomic E-state index is -0.234. The Labute approximate surface area is 112 Å². The van der Waals surface area contributed by atoms with E-state index in [1.54, 1.807) is 0 Å². The van der Waals surface area contributed by atoms with Crippen LogP contribution in [0.2, 0.25) is 0 Å². The van der Waals surface area contributed by atoms with Gasteiger partial charge in [-0.2, -0.15) is 0 Å². The highest BCUT2D eigenvalue weighted by Gasteiger charge is 2.35. The van der Waals surface area contributed by atoms with Gasteiger partial charge in [0.15, 0.2) is 5.76 Å². The van der Waals surface area contributed by atoms with E-state index in [1.807, 2.05) is 36.1 Å². The number of aliphatic imine (C=N–C) groups is 1. The first-order valence-corrected chi connectivity index (χ1v) is 6.67. The first kappa shape index (κ1) is 12.1.